The maximum absolute atomic E-state index is 14.7. The summed E-state index contributed by atoms with van der Waals surface area (Å²) in [6.07, 6.45) is 11.2. The van der Waals surface area contributed by atoms with Gasteiger partial charge in [-0.15, -0.1) is 0 Å². The smallest absolute Gasteiger partial charge is 0.233 e. The van der Waals surface area contributed by atoms with Gasteiger partial charge >= 0.3 is 0 Å². The second kappa shape index (κ2) is 9.25. The summed E-state index contributed by atoms with van der Waals surface area (Å²) in [4.78, 5) is 21.4. The van der Waals surface area contributed by atoms with Crippen LogP contribution in [0, 0.1) is 28.1 Å². The minimum Gasteiger partial charge on any atom is -0.339 e. The van der Waals surface area contributed by atoms with E-state index in [4.69, 9.17) is 9.51 Å². The molecule has 1 amide bonds. The number of amides is 1. The first-order valence-corrected chi connectivity index (χ1v) is 16.8. The molecule has 8 aliphatic carbocycles. The second-order valence-corrected chi connectivity index (χ2v) is 15.4. The van der Waals surface area contributed by atoms with Crippen molar-refractivity contribution in [3.63, 3.8) is 0 Å². The number of nitrogens with zero attached hydrogens (tertiary/aromatic N) is 4. The van der Waals surface area contributed by atoms with Gasteiger partial charge in [0.25, 0.3) is 0 Å². The van der Waals surface area contributed by atoms with Crippen LogP contribution >= 0.6 is 0 Å². The van der Waals surface area contributed by atoms with E-state index in [9.17, 15) is 14.4 Å². The van der Waals surface area contributed by atoms with Crippen LogP contribution in [0.5, 0.6) is 0 Å². The average molecular weight is 591 g/mol. The summed E-state index contributed by atoms with van der Waals surface area (Å²) in [6, 6.07) is 19.2. The van der Waals surface area contributed by atoms with Crippen molar-refractivity contribution >= 4 is 11.6 Å². The van der Waals surface area contributed by atoms with E-state index in [1.807, 2.05) is 6.07 Å². The standard InChI is InChI=1S/C37H39FN4O2/c38-30-21-37(19-27(30)20-37)33(43)42(29-3-1-2-26(18-29)24-6-8-28(9-7-24)36(22-39)16-17-36)23-34-10-13-35(14-11-34,15-12-34)32-40-31(41-44-32)25-4-5-25/h1-3,6-9,18,25,27,30H,4-5,10-17,19-21,23H2. The Balaban J connectivity index is 1.00. The number of aromatic nitrogens is 2. The Kier molecular flexibility index (Phi) is 5.64. The van der Waals surface area contributed by atoms with Gasteiger partial charge in [0.15, 0.2) is 5.82 Å². The molecule has 7 heteroatoms. The van der Waals surface area contributed by atoms with E-state index in [-0.39, 0.29) is 28.1 Å². The number of rotatable bonds is 8. The fourth-order valence-corrected chi connectivity index (χ4v) is 9.27. The summed E-state index contributed by atoms with van der Waals surface area (Å²) in [5, 5.41) is 14.0. The lowest BCUT2D eigenvalue weighted by Gasteiger charge is -2.54. The van der Waals surface area contributed by atoms with Crippen LogP contribution in [-0.2, 0) is 15.6 Å². The molecule has 1 unspecified atom stereocenters. The summed E-state index contributed by atoms with van der Waals surface area (Å²) in [6.45, 7) is 0.676. The molecule has 0 N–H and O–H groups in total. The molecule has 1 atom stereocenters. The van der Waals surface area contributed by atoms with Crippen molar-refractivity contribution in [3.8, 4) is 17.2 Å². The van der Waals surface area contributed by atoms with Crippen LogP contribution in [-0.4, -0.2) is 28.8 Å². The van der Waals surface area contributed by atoms with Gasteiger partial charge in [-0.3, -0.25) is 4.79 Å². The van der Waals surface area contributed by atoms with Crippen LogP contribution in [0.2, 0.25) is 0 Å². The maximum atomic E-state index is 14.7. The highest BCUT2D eigenvalue weighted by atomic mass is 19.1. The molecule has 44 heavy (non-hydrogen) atoms. The van der Waals surface area contributed by atoms with Crippen molar-refractivity contribution < 1.29 is 13.7 Å². The lowest BCUT2D eigenvalue weighted by molar-refractivity contribution is -0.132. The summed E-state index contributed by atoms with van der Waals surface area (Å²) in [5.74, 6) is 2.38. The molecule has 8 fully saturated rings. The normalized spacial score (nSPS) is 34.3. The van der Waals surface area contributed by atoms with Gasteiger partial charge in [0.1, 0.15) is 6.17 Å². The molecular formula is C37H39FN4O2. The molecule has 3 aromatic rings. The van der Waals surface area contributed by atoms with E-state index in [1.165, 1.54) is 12.8 Å². The van der Waals surface area contributed by atoms with Crippen LogP contribution in [0.1, 0.15) is 107 Å². The van der Waals surface area contributed by atoms with Crippen LogP contribution in [0.3, 0.4) is 0 Å². The lowest BCUT2D eigenvalue weighted by Crippen LogP contribution is -2.54. The summed E-state index contributed by atoms with van der Waals surface area (Å²) in [5.41, 5.74) is 3.29. The first kappa shape index (κ1) is 26.8. The Labute approximate surface area is 258 Å². The molecule has 8 aliphatic rings. The minimum absolute atomic E-state index is 0.0276. The van der Waals surface area contributed by atoms with Gasteiger partial charge in [-0.1, -0.05) is 41.6 Å². The van der Waals surface area contributed by atoms with Crippen LogP contribution in [0.15, 0.2) is 53.1 Å². The zero-order valence-electron chi connectivity index (χ0n) is 25.2. The predicted octanol–water partition coefficient (Wildman–Crippen LogP) is 7.93. The van der Waals surface area contributed by atoms with Gasteiger partial charge in [-0.25, -0.2) is 4.39 Å². The van der Waals surface area contributed by atoms with E-state index in [0.29, 0.717) is 31.7 Å². The Morgan fingerprint density at radius 2 is 1.68 bits per heavy atom. The summed E-state index contributed by atoms with van der Waals surface area (Å²) in [7, 11) is 0. The molecule has 0 radical (unpaired) electrons. The zero-order chi connectivity index (χ0) is 29.7. The highest BCUT2D eigenvalue weighted by Crippen LogP contribution is 2.62. The third-order valence-electron chi connectivity index (χ3n) is 12.7. The van der Waals surface area contributed by atoms with Crippen LogP contribution < -0.4 is 4.90 Å². The zero-order valence-corrected chi connectivity index (χ0v) is 25.2. The monoisotopic (exact) mass is 590 g/mol. The number of carbonyl (C=O) groups excluding carboxylic acids is 1. The van der Waals surface area contributed by atoms with E-state index in [2.05, 4.69) is 58.6 Å². The molecule has 2 aromatic carbocycles. The summed E-state index contributed by atoms with van der Waals surface area (Å²) >= 11 is 0. The van der Waals surface area contributed by atoms with Gasteiger partial charge in [0.2, 0.25) is 11.8 Å². The van der Waals surface area contributed by atoms with Gasteiger partial charge in [0, 0.05) is 23.6 Å². The van der Waals surface area contributed by atoms with Crippen molar-refractivity contribution in [3.05, 3.63) is 65.8 Å². The van der Waals surface area contributed by atoms with Crippen molar-refractivity contribution in [2.45, 2.75) is 106 Å². The third-order valence-corrected chi connectivity index (χ3v) is 12.7. The van der Waals surface area contributed by atoms with Gasteiger partial charge in [-0.05, 0) is 124 Å². The molecule has 0 spiro atoms. The van der Waals surface area contributed by atoms with Crippen molar-refractivity contribution in [2.75, 3.05) is 11.4 Å². The molecule has 6 nitrogen and oxygen atoms in total. The SMILES string of the molecule is N#CC1(c2ccc(-c3cccc(N(CC45CCC(c6nc(C7CC7)no6)(CC4)CC5)C(=O)C45CC(F)C(C4)C5)c3)cc2)CC1. The Morgan fingerprint density at radius 1 is 0.955 bits per heavy atom. The molecule has 11 rings (SSSR count). The number of halogens is 1. The first-order valence-electron chi connectivity index (χ1n) is 16.8. The molecule has 226 valence electrons. The van der Waals surface area contributed by atoms with Crippen molar-refractivity contribution in [1.82, 2.24) is 10.1 Å². The lowest BCUT2D eigenvalue weighted by atomic mass is 9.53. The average Bonchev–Trinajstić information content (AvgIpc) is 3.95. The van der Waals surface area contributed by atoms with Crippen molar-refractivity contribution in [1.29, 1.82) is 5.26 Å². The minimum atomic E-state index is -0.855. The van der Waals surface area contributed by atoms with E-state index < -0.39 is 11.6 Å². The third kappa shape index (κ3) is 4.05. The Bertz CT molecular complexity index is 1650. The first-order chi connectivity index (χ1) is 21.3. The number of anilines is 1. The van der Waals surface area contributed by atoms with Gasteiger partial charge in [-0.2, -0.15) is 10.2 Å². The predicted molar refractivity (Wildman–Crippen MR) is 164 cm³/mol. The highest BCUT2D eigenvalue weighted by Gasteiger charge is 2.62. The quantitative estimate of drug-likeness (QED) is 0.266. The number of hydrogen-bond donors (Lipinski definition) is 0. The van der Waals surface area contributed by atoms with Crippen LogP contribution in [0.4, 0.5) is 10.1 Å². The van der Waals surface area contributed by atoms with Gasteiger partial charge in [0.05, 0.1) is 16.9 Å². The molecule has 4 bridgehead atoms. The maximum Gasteiger partial charge on any atom is 0.233 e. The number of hydrogen-bond acceptors (Lipinski definition) is 5. The van der Waals surface area contributed by atoms with E-state index in [0.717, 1.165) is 85.5 Å². The topological polar surface area (TPSA) is 83.0 Å². The molecule has 0 saturated heterocycles. The van der Waals surface area contributed by atoms with E-state index in [1.54, 1.807) is 0 Å². The molecular weight excluding hydrogens is 551 g/mol. The number of nitriles is 1. The van der Waals surface area contributed by atoms with Crippen molar-refractivity contribution in [2.24, 2.45) is 16.7 Å². The Morgan fingerprint density at radius 3 is 2.30 bits per heavy atom. The Hall–Kier alpha value is -3.53. The number of carbonyl (C=O) groups is 1. The number of benzene rings is 2. The van der Waals surface area contributed by atoms with Crippen LogP contribution in [0.25, 0.3) is 11.1 Å². The van der Waals surface area contributed by atoms with E-state index >= 15 is 0 Å². The molecule has 8 saturated carbocycles. The van der Waals surface area contributed by atoms with Gasteiger partial charge < -0.3 is 9.42 Å². The number of alkyl halides is 1. The molecule has 1 aromatic heterocycles. The fourth-order valence-electron chi connectivity index (χ4n) is 9.27. The second-order valence-electron chi connectivity index (χ2n) is 15.4. The largest absolute Gasteiger partial charge is 0.339 e. The molecule has 0 aliphatic heterocycles. The fraction of sp³-hybridized carbons (Fsp3) is 0.568. The highest BCUT2D eigenvalue weighted by molar-refractivity contribution is 5.99. The summed E-state index contributed by atoms with van der Waals surface area (Å²) < 4.78 is 20.6. The molecule has 1 heterocycles. The number of fused-ring (bicyclic) bond motifs is 4.